The van der Waals surface area contributed by atoms with Crippen molar-refractivity contribution in [2.24, 2.45) is 0 Å². The molecule has 0 aliphatic heterocycles. The summed E-state index contributed by atoms with van der Waals surface area (Å²) in [5.41, 5.74) is 2.23. The first-order chi connectivity index (χ1) is 7.61. The molecule has 0 aliphatic carbocycles. The lowest BCUT2D eigenvalue weighted by molar-refractivity contribution is -0.139. The highest BCUT2D eigenvalue weighted by Gasteiger charge is 1.98. The molecule has 0 amide bonds. The number of carbonyl (C=O) groups excluding carboxylic acids is 1. The van der Waals surface area contributed by atoms with Crippen LogP contribution in [0.1, 0.15) is 25.8 Å². The molecule has 16 heavy (non-hydrogen) atoms. The summed E-state index contributed by atoms with van der Waals surface area (Å²) in [6.07, 6.45) is 2.93. The molecular formula is C13H15BrO2. The van der Waals surface area contributed by atoms with Gasteiger partial charge in [0.25, 0.3) is 0 Å². The van der Waals surface area contributed by atoms with Gasteiger partial charge in [0.2, 0.25) is 0 Å². The molecule has 0 bridgehead atoms. The van der Waals surface area contributed by atoms with Crippen LogP contribution in [0.15, 0.2) is 34.3 Å². The lowest BCUT2D eigenvalue weighted by Crippen LogP contribution is -2.02. The van der Waals surface area contributed by atoms with Crippen LogP contribution in [-0.4, -0.2) is 12.6 Å². The summed E-state index contributed by atoms with van der Waals surface area (Å²) < 4.78 is 6.03. The molecule has 0 spiro atoms. The molecule has 0 aliphatic rings. The smallest absolute Gasteiger partial charge is 0.302 e. The molecule has 0 unspecified atom stereocenters. The van der Waals surface area contributed by atoms with Crippen LogP contribution in [0.25, 0.3) is 6.08 Å². The SMILES string of the molecule is CC/C(=C\c1ccc(Br)cc1)COC(C)=O. The maximum absolute atomic E-state index is 10.7. The number of rotatable bonds is 4. The van der Waals surface area contributed by atoms with Gasteiger partial charge in [-0.3, -0.25) is 4.79 Å². The highest BCUT2D eigenvalue weighted by atomic mass is 79.9. The molecule has 1 aromatic carbocycles. The Bertz CT molecular complexity index is 379. The predicted octanol–water partition coefficient (Wildman–Crippen LogP) is 3.81. The molecule has 0 atom stereocenters. The van der Waals surface area contributed by atoms with Crippen LogP contribution in [0, 0.1) is 0 Å². The van der Waals surface area contributed by atoms with E-state index in [4.69, 9.17) is 4.74 Å². The molecule has 1 rings (SSSR count). The van der Waals surface area contributed by atoms with Gasteiger partial charge in [0.05, 0.1) is 0 Å². The molecule has 0 radical (unpaired) electrons. The molecular weight excluding hydrogens is 268 g/mol. The third kappa shape index (κ3) is 4.62. The molecule has 0 heterocycles. The van der Waals surface area contributed by atoms with Gasteiger partial charge < -0.3 is 4.74 Å². The Balaban J connectivity index is 2.71. The Morgan fingerprint density at radius 2 is 2.00 bits per heavy atom. The van der Waals surface area contributed by atoms with E-state index in [9.17, 15) is 4.79 Å². The first kappa shape index (κ1) is 13.0. The summed E-state index contributed by atoms with van der Waals surface area (Å²) in [4.78, 5) is 10.7. The van der Waals surface area contributed by atoms with Crippen molar-refractivity contribution in [3.63, 3.8) is 0 Å². The first-order valence-corrected chi connectivity index (χ1v) is 5.99. The second-order valence-electron chi connectivity index (χ2n) is 3.49. The number of halogens is 1. The Morgan fingerprint density at radius 3 is 2.50 bits per heavy atom. The van der Waals surface area contributed by atoms with Gasteiger partial charge >= 0.3 is 5.97 Å². The van der Waals surface area contributed by atoms with E-state index in [-0.39, 0.29) is 5.97 Å². The van der Waals surface area contributed by atoms with Crippen molar-refractivity contribution in [2.45, 2.75) is 20.3 Å². The fourth-order valence-electron chi connectivity index (χ4n) is 1.23. The van der Waals surface area contributed by atoms with Crippen molar-refractivity contribution in [3.8, 4) is 0 Å². The van der Waals surface area contributed by atoms with E-state index in [0.29, 0.717) is 6.61 Å². The molecule has 0 aromatic heterocycles. The third-order valence-corrected chi connectivity index (χ3v) is 2.68. The molecule has 0 fully saturated rings. The quantitative estimate of drug-likeness (QED) is 0.785. The zero-order valence-electron chi connectivity index (χ0n) is 9.50. The van der Waals surface area contributed by atoms with E-state index >= 15 is 0 Å². The van der Waals surface area contributed by atoms with Gasteiger partial charge in [-0.2, -0.15) is 0 Å². The summed E-state index contributed by atoms with van der Waals surface area (Å²) in [5, 5.41) is 0. The van der Waals surface area contributed by atoms with Crippen molar-refractivity contribution in [3.05, 3.63) is 39.9 Å². The van der Waals surface area contributed by atoms with Gasteiger partial charge in [0.1, 0.15) is 6.61 Å². The fraction of sp³-hybridized carbons (Fsp3) is 0.308. The van der Waals surface area contributed by atoms with Crippen LogP contribution >= 0.6 is 15.9 Å². The normalized spacial score (nSPS) is 11.3. The van der Waals surface area contributed by atoms with Gasteiger partial charge in [-0.15, -0.1) is 0 Å². The minimum atomic E-state index is -0.241. The topological polar surface area (TPSA) is 26.3 Å². The maximum atomic E-state index is 10.7. The summed E-state index contributed by atoms with van der Waals surface area (Å²) >= 11 is 3.39. The maximum Gasteiger partial charge on any atom is 0.302 e. The summed E-state index contributed by atoms with van der Waals surface area (Å²) in [6.45, 7) is 3.85. The minimum Gasteiger partial charge on any atom is -0.461 e. The van der Waals surface area contributed by atoms with E-state index in [1.807, 2.05) is 31.2 Å². The van der Waals surface area contributed by atoms with Crippen molar-refractivity contribution in [1.29, 1.82) is 0 Å². The lowest BCUT2D eigenvalue weighted by Gasteiger charge is -2.05. The van der Waals surface area contributed by atoms with Crippen molar-refractivity contribution >= 4 is 28.0 Å². The Kier molecular flexibility index (Phi) is 5.26. The largest absolute Gasteiger partial charge is 0.461 e. The average molecular weight is 283 g/mol. The lowest BCUT2D eigenvalue weighted by atomic mass is 10.1. The van der Waals surface area contributed by atoms with E-state index < -0.39 is 0 Å². The molecule has 2 nitrogen and oxygen atoms in total. The van der Waals surface area contributed by atoms with E-state index in [2.05, 4.69) is 22.0 Å². The number of esters is 1. The minimum absolute atomic E-state index is 0.241. The molecule has 1 aromatic rings. The molecule has 0 N–H and O–H groups in total. The number of hydrogen-bond donors (Lipinski definition) is 0. The number of benzene rings is 1. The summed E-state index contributed by atoms with van der Waals surface area (Å²) in [5.74, 6) is -0.241. The van der Waals surface area contributed by atoms with Crippen LogP contribution in [0.4, 0.5) is 0 Å². The average Bonchev–Trinajstić information content (AvgIpc) is 2.26. The van der Waals surface area contributed by atoms with Gasteiger partial charge in [0, 0.05) is 11.4 Å². The number of carbonyl (C=O) groups is 1. The molecule has 0 saturated carbocycles. The van der Waals surface area contributed by atoms with E-state index in [1.54, 1.807) is 0 Å². The Morgan fingerprint density at radius 1 is 1.38 bits per heavy atom. The third-order valence-electron chi connectivity index (χ3n) is 2.16. The monoisotopic (exact) mass is 282 g/mol. The number of ether oxygens (including phenoxy) is 1. The van der Waals surface area contributed by atoms with Crippen LogP contribution in [-0.2, 0) is 9.53 Å². The van der Waals surface area contributed by atoms with Crippen LogP contribution in [0.2, 0.25) is 0 Å². The highest BCUT2D eigenvalue weighted by Crippen LogP contribution is 2.14. The molecule has 86 valence electrons. The van der Waals surface area contributed by atoms with E-state index in [1.165, 1.54) is 6.92 Å². The standard InChI is InChI=1S/C13H15BrO2/c1-3-11(9-16-10(2)15)8-12-4-6-13(14)7-5-12/h4-8H,3,9H2,1-2H3/b11-8+. The van der Waals surface area contributed by atoms with Crippen LogP contribution in [0.3, 0.4) is 0 Å². The zero-order chi connectivity index (χ0) is 12.0. The predicted molar refractivity (Wildman–Crippen MR) is 69.0 cm³/mol. The van der Waals surface area contributed by atoms with Crippen LogP contribution in [0.5, 0.6) is 0 Å². The highest BCUT2D eigenvalue weighted by molar-refractivity contribution is 9.10. The first-order valence-electron chi connectivity index (χ1n) is 5.20. The second kappa shape index (κ2) is 6.48. The zero-order valence-corrected chi connectivity index (χ0v) is 11.1. The second-order valence-corrected chi connectivity index (χ2v) is 4.40. The molecule has 0 saturated heterocycles. The van der Waals surface area contributed by atoms with E-state index in [0.717, 1.165) is 22.0 Å². The molecule has 3 heteroatoms. The Labute approximate surface area is 104 Å². The van der Waals surface area contributed by atoms with Crippen LogP contribution < -0.4 is 0 Å². The summed E-state index contributed by atoms with van der Waals surface area (Å²) in [7, 11) is 0. The van der Waals surface area contributed by atoms with Gasteiger partial charge in [0.15, 0.2) is 0 Å². The van der Waals surface area contributed by atoms with Gasteiger partial charge in [-0.25, -0.2) is 0 Å². The summed E-state index contributed by atoms with van der Waals surface area (Å²) in [6, 6.07) is 8.02. The Hall–Kier alpha value is -1.09. The number of hydrogen-bond acceptors (Lipinski definition) is 2. The van der Waals surface area contributed by atoms with Crippen molar-refractivity contribution in [1.82, 2.24) is 0 Å². The van der Waals surface area contributed by atoms with Crippen molar-refractivity contribution < 1.29 is 9.53 Å². The van der Waals surface area contributed by atoms with Crippen molar-refractivity contribution in [2.75, 3.05) is 6.61 Å². The fourth-order valence-corrected chi connectivity index (χ4v) is 1.50. The van der Waals surface area contributed by atoms with Gasteiger partial charge in [-0.1, -0.05) is 41.1 Å². The van der Waals surface area contributed by atoms with Gasteiger partial charge in [-0.05, 0) is 29.7 Å².